The normalized spacial score (nSPS) is 19.2. The van der Waals surface area contributed by atoms with Crippen LogP contribution in [0.15, 0.2) is 42.5 Å². The number of halogens is 2. The summed E-state index contributed by atoms with van der Waals surface area (Å²) in [5.41, 5.74) is 3.10. The maximum absolute atomic E-state index is 13.4. The molecule has 0 saturated carbocycles. The van der Waals surface area contributed by atoms with Crippen molar-refractivity contribution in [2.45, 2.75) is 12.5 Å². The fourth-order valence-electron chi connectivity index (χ4n) is 2.84. The maximum atomic E-state index is 13.4. The molecule has 0 fully saturated rings. The van der Waals surface area contributed by atoms with E-state index in [4.69, 9.17) is 0 Å². The van der Waals surface area contributed by atoms with Gasteiger partial charge in [-0.25, -0.2) is 8.78 Å². The molecule has 1 aliphatic rings. The Labute approximate surface area is 111 Å². The van der Waals surface area contributed by atoms with Gasteiger partial charge in [-0.3, -0.25) is 0 Å². The summed E-state index contributed by atoms with van der Waals surface area (Å²) in [6.45, 7) is 1.66. The fourth-order valence-corrected chi connectivity index (χ4v) is 2.84. The smallest absolute Gasteiger partial charge is 0.126 e. The molecular formula is C16H15F2N. The predicted octanol–water partition coefficient (Wildman–Crippen LogP) is 3.54. The van der Waals surface area contributed by atoms with E-state index in [0.717, 1.165) is 19.2 Å². The van der Waals surface area contributed by atoms with E-state index in [1.54, 1.807) is 0 Å². The van der Waals surface area contributed by atoms with Crippen LogP contribution in [0.4, 0.5) is 8.78 Å². The van der Waals surface area contributed by atoms with Crippen LogP contribution in [0.5, 0.6) is 0 Å². The summed E-state index contributed by atoms with van der Waals surface area (Å²) in [5, 5.41) is 0. The summed E-state index contributed by atoms with van der Waals surface area (Å²) >= 11 is 0. The van der Waals surface area contributed by atoms with Gasteiger partial charge in [0.2, 0.25) is 0 Å². The zero-order chi connectivity index (χ0) is 13.4. The van der Waals surface area contributed by atoms with Crippen LogP contribution in [0.2, 0.25) is 0 Å². The first kappa shape index (κ1) is 12.3. The number of benzene rings is 2. The first-order chi connectivity index (χ1) is 9.13. The second-order valence-electron chi connectivity index (χ2n) is 5.15. The van der Waals surface area contributed by atoms with E-state index in [9.17, 15) is 8.78 Å². The van der Waals surface area contributed by atoms with E-state index in [1.165, 1.54) is 23.3 Å². The lowest BCUT2D eigenvalue weighted by molar-refractivity contribution is 0.294. The summed E-state index contributed by atoms with van der Waals surface area (Å²) < 4.78 is 26.8. The average Bonchev–Trinajstić information content (AvgIpc) is 2.36. The number of fused-ring (bicyclic) bond motifs is 1. The van der Waals surface area contributed by atoms with Gasteiger partial charge >= 0.3 is 0 Å². The van der Waals surface area contributed by atoms with Crippen molar-refractivity contribution in [2.75, 3.05) is 13.6 Å². The Morgan fingerprint density at radius 1 is 1.05 bits per heavy atom. The van der Waals surface area contributed by atoms with E-state index in [-0.39, 0.29) is 5.92 Å². The van der Waals surface area contributed by atoms with Crippen LogP contribution in [-0.2, 0) is 6.54 Å². The molecule has 0 aliphatic carbocycles. The minimum atomic E-state index is -0.513. The van der Waals surface area contributed by atoms with Gasteiger partial charge in [0.15, 0.2) is 0 Å². The molecule has 0 spiro atoms. The van der Waals surface area contributed by atoms with Crippen LogP contribution >= 0.6 is 0 Å². The van der Waals surface area contributed by atoms with Gasteiger partial charge < -0.3 is 4.90 Å². The topological polar surface area (TPSA) is 3.24 Å². The lowest BCUT2D eigenvalue weighted by Gasteiger charge is -2.32. The molecule has 1 unspecified atom stereocenters. The Hall–Kier alpha value is -1.74. The average molecular weight is 259 g/mol. The third-order valence-corrected chi connectivity index (χ3v) is 3.65. The SMILES string of the molecule is CN1Cc2ccccc2C(c2cc(F)cc(F)c2)C1. The highest BCUT2D eigenvalue weighted by atomic mass is 19.1. The van der Waals surface area contributed by atoms with Gasteiger partial charge in [-0.15, -0.1) is 0 Å². The minimum Gasteiger partial charge on any atom is -0.301 e. The number of hydrogen-bond donors (Lipinski definition) is 0. The highest BCUT2D eigenvalue weighted by Gasteiger charge is 2.25. The Balaban J connectivity index is 2.09. The number of nitrogens with zero attached hydrogens (tertiary/aromatic N) is 1. The second kappa shape index (κ2) is 4.74. The third-order valence-electron chi connectivity index (χ3n) is 3.65. The molecule has 1 heterocycles. The molecule has 1 aliphatic heterocycles. The van der Waals surface area contributed by atoms with Crippen LogP contribution in [-0.4, -0.2) is 18.5 Å². The minimum absolute atomic E-state index is 0.0279. The summed E-state index contributed by atoms with van der Waals surface area (Å²) in [5.74, 6) is -0.999. The van der Waals surface area contributed by atoms with Gasteiger partial charge in [-0.1, -0.05) is 24.3 Å². The molecule has 0 radical (unpaired) electrons. The van der Waals surface area contributed by atoms with Crippen molar-refractivity contribution in [3.63, 3.8) is 0 Å². The van der Waals surface area contributed by atoms with Crippen molar-refractivity contribution in [1.29, 1.82) is 0 Å². The molecule has 19 heavy (non-hydrogen) atoms. The summed E-state index contributed by atoms with van der Waals surface area (Å²) in [7, 11) is 2.03. The van der Waals surface area contributed by atoms with Crippen LogP contribution in [0, 0.1) is 11.6 Å². The van der Waals surface area contributed by atoms with E-state index in [2.05, 4.69) is 17.0 Å². The molecule has 98 valence electrons. The summed E-state index contributed by atoms with van der Waals surface area (Å²) in [6, 6.07) is 11.9. The third kappa shape index (κ3) is 2.38. The van der Waals surface area contributed by atoms with Crippen LogP contribution in [0.1, 0.15) is 22.6 Å². The zero-order valence-electron chi connectivity index (χ0n) is 10.7. The molecular weight excluding hydrogens is 244 g/mol. The molecule has 3 heteroatoms. The van der Waals surface area contributed by atoms with Gasteiger partial charge in [0.25, 0.3) is 0 Å². The molecule has 1 nitrogen and oxygen atoms in total. The van der Waals surface area contributed by atoms with Crippen molar-refractivity contribution >= 4 is 0 Å². The van der Waals surface area contributed by atoms with Gasteiger partial charge in [-0.2, -0.15) is 0 Å². The fraction of sp³-hybridized carbons (Fsp3) is 0.250. The Morgan fingerprint density at radius 3 is 2.47 bits per heavy atom. The first-order valence-corrected chi connectivity index (χ1v) is 6.36. The molecule has 3 rings (SSSR count). The Morgan fingerprint density at radius 2 is 1.74 bits per heavy atom. The quantitative estimate of drug-likeness (QED) is 0.757. The lowest BCUT2D eigenvalue weighted by atomic mass is 9.85. The predicted molar refractivity (Wildman–Crippen MR) is 71.0 cm³/mol. The molecule has 0 aromatic heterocycles. The molecule has 1 atom stereocenters. The van der Waals surface area contributed by atoms with Gasteiger partial charge in [0.1, 0.15) is 11.6 Å². The molecule has 0 bridgehead atoms. The van der Waals surface area contributed by atoms with E-state index in [0.29, 0.717) is 5.56 Å². The Kier molecular flexibility index (Phi) is 3.07. The molecule has 2 aromatic carbocycles. The van der Waals surface area contributed by atoms with Gasteiger partial charge in [0, 0.05) is 25.1 Å². The first-order valence-electron chi connectivity index (χ1n) is 6.36. The monoisotopic (exact) mass is 259 g/mol. The van der Waals surface area contributed by atoms with Crippen molar-refractivity contribution < 1.29 is 8.78 Å². The Bertz CT molecular complexity index is 589. The molecule has 2 aromatic rings. The van der Waals surface area contributed by atoms with Crippen LogP contribution in [0.25, 0.3) is 0 Å². The van der Waals surface area contributed by atoms with Crippen molar-refractivity contribution in [2.24, 2.45) is 0 Å². The second-order valence-corrected chi connectivity index (χ2v) is 5.15. The number of hydrogen-bond acceptors (Lipinski definition) is 1. The molecule has 0 amide bonds. The van der Waals surface area contributed by atoms with Gasteiger partial charge in [0.05, 0.1) is 0 Å². The van der Waals surface area contributed by atoms with Crippen LogP contribution < -0.4 is 0 Å². The van der Waals surface area contributed by atoms with E-state index in [1.807, 2.05) is 19.2 Å². The van der Waals surface area contributed by atoms with Gasteiger partial charge in [-0.05, 0) is 35.9 Å². The number of likely N-dealkylation sites (N-methyl/N-ethyl adjacent to an activating group) is 1. The highest BCUT2D eigenvalue weighted by molar-refractivity contribution is 5.40. The van der Waals surface area contributed by atoms with Crippen LogP contribution in [0.3, 0.4) is 0 Å². The lowest BCUT2D eigenvalue weighted by Crippen LogP contribution is -2.31. The van der Waals surface area contributed by atoms with Crippen molar-refractivity contribution in [3.8, 4) is 0 Å². The maximum Gasteiger partial charge on any atom is 0.126 e. The molecule has 0 saturated heterocycles. The van der Waals surface area contributed by atoms with Crippen molar-refractivity contribution in [3.05, 3.63) is 70.8 Å². The summed E-state index contributed by atoms with van der Waals surface area (Å²) in [6.07, 6.45) is 0. The highest BCUT2D eigenvalue weighted by Crippen LogP contribution is 2.33. The molecule has 0 N–H and O–H groups in total. The number of rotatable bonds is 1. The summed E-state index contributed by atoms with van der Waals surface area (Å²) in [4.78, 5) is 2.18. The standard InChI is InChI=1S/C16H15F2N/c1-19-9-11-4-2-3-5-15(11)16(10-19)12-6-13(17)8-14(18)7-12/h2-8,16H,9-10H2,1H3. The van der Waals surface area contributed by atoms with Crippen molar-refractivity contribution in [1.82, 2.24) is 4.90 Å². The van der Waals surface area contributed by atoms with E-state index < -0.39 is 11.6 Å². The van der Waals surface area contributed by atoms with E-state index >= 15 is 0 Å². The zero-order valence-corrected chi connectivity index (χ0v) is 10.7. The largest absolute Gasteiger partial charge is 0.301 e.